The number of hydrogen-bond acceptors (Lipinski definition) is 2. The molecule has 0 spiro atoms. The van der Waals surface area contributed by atoms with Crippen LogP contribution in [0.4, 0.5) is 0 Å². The van der Waals surface area contributed by atoms with Crippen molar-refractivity contribution < 1.29 is 14.6 Å². The number of halogens is 1. The molecule has 0 aromatic heterocycles. The maximum Gasteiger partial charge on any atom is 0.314 e. The van der Waals surface area contributed by atoms with Gasteiger partial charge in [0.25, 0.3) is 0 Å². The van der Waals surface area contributed by atoms with Gasteiger partial charge in [-0.25, -0.2) is 0 Å². The summed E-state index contributed by atoms with van der Waals surface area (Å²) in [4.78, 5) is 12.0. The highest BCUT2D eigenvalue weighted by Crippen LogP contribution is 2.46. The Morgan fingerprint density at radius 1 is 1.30 bits per heavy atom. The molecule has 1 aliphatic rings. The first-order valence-corrected chi connectivity index (χ1v) is 7.81. The van der Waals surface area contributed by atoms with Gasteiger partial charge in [-0.3, -0.25) is 4.79 Å². The van der Waals surface area contributed by atoms with Gasteiger partial charge in [-0.15, -0.1) is 0 Å². The summed E-state index contributed by atoms with van der Waals surface area (Å²) in [5.41, 5.74) is 2.09. The summed E-state index contributed by atoms with van der Waals surface area (Å²) < 4.78 is 6.36. The fraction of sp³-hybridized carbons (Fsp3) is 0.562. The third kappa shape index (κ3) is 2.34. The second kappa shape index (κ2) is 5.76. The molecule has 0 saturated heterocycles. The molecule has 1 aromatic rings. The predicted molar refractivity (Wildman–Crippen MR) is 82.6 cm³/mol. The Bertz CT molecular complexity index is 531. The monoisotopic (exact) mass is 340 g/mol. The van der Waals surface area contributed by atoms with Crippen LogP contribution in [0, 0.1) is 13.8 Å². The smallest absolute Gasteiger partial charge is 0.314 e. The Morgan fingerprint density at radius 3 is 2.40 bits per heavy atom. The second-order valence-electron chi connectivity index (χ2n) is 5.66. The zero-order chi connectivity index (χ0) is 14.9. The molecule has 1 fully saturated rings. The molecule has 0 aliphatic heterocycles. The zero-order valence-corrected chi connectivity index (χ0v) is 13.8. The lowest BCUT2D eigenvalue weighted by atomic mass is 9.68. The van der Waals surface area contributed by atoms with Crippen LogP contribution < -0.4 is 4.74 Å². The fourth-order valence-electron chi connectivity index (χ4n) is 3.54. The summed E-state index contributed by atoms with van der Waals surface area (Å²) in [6, 6.07) is 1.97. The van der Waals surface area contributed by atoms with Crippen molar-refractivity contribution in [2.45, 2.75) is 51.4 Å². The van der Waals surface area contributed by atoms with Gasteiger partial charge in [-0.05, 0) is 49.4 Å². The molecule has 110 valence electrons. The Hall–Kier alpha value is -1.03. The van der Waals surface area contributed by atoms with Crippen LogP contribution in [-0.2, 0) is 10.2 Å². The van der Waals surface area contributed by atoms with Gasteiger partial charge in [0, 0.05) is 4.47 Å². The number of methoxy groups -OCH3 is 1. The minimum absolute atomic E-state index is 0.702. The predicted octanol–water partition coefficient (Wildman–Crippen LogP) is 4.36. The molecule has 1 saturated carbocycles. The highest BCUT2D eigenvalue weighted by molar-refractivity contribution is 9.10. The van der Waals surface area contributed by atoms with Crippen LogP contribution in [0.15, 0.2) is 10.5 Å². The van der Waals surface area contributed by atoms with Gasteiger partial charge < -0.3 is 9.84 Å². The van der Waals surface area contributed by atoms with Crippen LogP contribution in [-0.4, -0.2) is 18.2 Å². The van der Waals surface area contributed by atoms with Crippen molar-refractivity contribution >= 4 is 21.9 Å². The minimum Gasteiger partial charge on any atom is -0.496 e. The van der Waals surface area contributed by atoms with E-state index in [4.69, 9.17) is 4.74 Å². The molecule has 0 amide bonds. The summed E-state index contributed by atoms with van der Waals surface area (Å²) in [6.07, 6.45) is 4.46. The van der Waals surface area contributed by atoms with Crippen LogP contribution in [0.5, 0.6) is 5.75 Å². The lowest BCUT2D eigenvalue weighted by Gasteiger charge is -2.36. The number of carbonyl (C=O) groups is 1. The Morgan fingerprint density at radius 2 is 1.90 bits per heavy atom. The number of rotatable bonds is 3. The molecular formula is C16H21BrO3. The van der Waals surface area contributed by atoms with Crippen molar-refractivity contribution in [2.24, 2.45) is 0 Å². The first-order valence-electron chi connectivity index (χ1n) is 7.01. The molecule has 1 aromatic carbocycles. The second-order valence-corrected chi connectivity index (χ2v) is 6.51. The third-order valence-corrected chi connectivity index (χ3v) is 5.08. The molecule has 4 heteroatoms. The zero-order valence-electron chi connectivity index (χ0n) is 12.3. The number of aryl methyl sites for hydroxylation is 1. The Balaban J connectivity index is 2.68. The first-order chi connectivity index (χ1) is 9.44. The van der Waals surface area contributed by atoms with E-state index in [9.17, 15) is 9.90 Å². The maximum absolute atomic E-state index is 12.0. The van der Waals surface area contributed by atoms with E-state index in [0.29, 0.717) is 12.8 Å². The molecule has 0 unspecified atom stereocenters. The highest BCUT2D eigenvalue weighted by Gasteiger charge is 2.44. The SMILES string of the molecule is COc1c(C)cc(Br)c(C2(C(=O)O)CCCCC2)c1C. The lowest BCUT2D eigenvalue weighted by molar-refractivity contribution is -0.145. The van der Waals surface area contributed by atoms with E-state index in [-0.39, 0.29) is 0 Å². The van der Waals surface area contributed by atoms with Crippen molar-refractivity contribution in [2.75, 3.05) is 7.11 Å². The van der Waals surface area contributed by atoms with E-state index in [1.807, 2.05) is 19.9 Å². The average Bonchev–Trinajstić information content (AvgIpc) is 2.39. The quantitative estimate of drug-likeness (QED) is 0.888. The molecule has 3 nitrogen and oxygen atoms in total. The molecule has 1 N–H and O–H groups in total. The van der Waals surface area contributed by atoms with E-state index in [0.717, 1.165) is 46.2 Å². The highest BCUT2D eigenvalue weighted by atomic mass is 79.9. The maximum atomic E-state index is 12.0. The third-order valence-electron chi connectivity index (χ3n) is 4.45. The van der Waals surface area contributed by atoms with Crippen molar-refractivity contribution in [3.05, 3.63) is 27.2 Å². The van der Waals surface area contributed by atoms with Crippen LogP contribution in [0.1, 0.15) is 48.8 Å². The van der Waals surface area contributed by atoms with Crippen molar-refractivity contribution in [1.29, 1.82) is 0 Å². The van der Waals surface area contributed by atoms with E-state index in [2.05, 4.69) is 15.9 Å². The van der Waals surface area contributed by atoms with Gasteiger partial charge in [-0.2, -0.15) is 0 Å². The van der Waals surface area contributed by atoms with E-state index in [1.165, 1.54) is 0 Å². The lowest BCUT2D eigenvalue weighted by Crippen LogP contribution is -2.39. The number of carboxylic acid groups (broad SMARTS) is 1. The van der Waals surface area contributed by atoms with Gasteiger partial charge >= 0.3 is 5.97 Å². The van der Waals surface area contributed by atoms with Gasteiger partial charge in [-0.1, -0.05) is 35.2 Å². The van der Waals surface area contributed by atoms with E-state index < -0.39 is 11.4 Å². The van der Waals surface area contributed by atoms with Crippen molar-refractivity contribution in [1.82, 2.24) is 0 Å². The summed E-state index contributed by atoms with van der Waals surface area (Å²) in [5, 5.41) is 9.86. The largest absolute Gasteiger partial charge is 0.496 e. The summed E-state index contributed by atoms with van der Waals surface area (Å²) >= 11 is 3.58. The molecular weight excluding hydrogens is 320 g/mol. The van der Waals surface area contributed by atoms with Crippen LogP contribution in [0.3, 0.4) is 0 Å². The number of hydrogen-bond donors (Lipinski definition) is 1. The number of benzene rings is 1. The van der Waals surface area contributed by atoms with Gasteiger partial charge in [0.05, 0.1) is 12.5 Å². The van der Waals surface area contributed by atoms with Gasteiger partial charge in [0.2, 0.25) is 0 Å². The van der Waals surface area contributed by atoms with Crippen LogP contribution in [0.2, 0.25) is 0 Å². The molecule has 0 atom stereocenters. The standard InChI is InChI=1S/C16H21BrO3/c1-10-9-12(17)13(11(2)14(10)20-3)16(15(18)19)7-5-4-6-8-16/h9H,4-8H2,1-3H3,(H,18,19). The summed E-state index contributed by atoms with van der Waals surface area (Å²) in [6.45, 7) is 3.94. The molecule has 0 radical (unpaired) electrons. The summed E-state index contributed by atoms with van der Waals surface area (Å²) in [7, 11) is 1.64. The molecule has 20 heavy (non-hydrogen) atoms. The first kappa shape index (κ1) is 15.4. The van der Waals surface area contributed by atoms with E-state index in [1.54, 1.807) is 7.11 Å². The van der Waals surface area contributed by atoms with Gasteiger partial charge in [0.1, 0.15) is 5.75 Å². The average molecular weight is 341 g/mol. The Kier molecular flexibility index (Phi) is 4.43. The molecule has 0 heterocycles. The molecule has 1 aliphatic carbocycles. The topological polar surface area (TPSA) is 46.5 Å². The Labute approximate surface area is 128 Å². The minimum atomic E-state index is -0.776. The van der Waals surface area contributed by atoms with Crippen molar-refractivity contribution in [3.63, 3.8) is 0 Å². The fourth-order valence-corrected chi connectivity index (χ4v) is 4.56. The molecule has 2 rings (SSSR count). The van der Waals surface area contributed by atoms with E-state index >= 15 is 0 Å². The number of ether oxygens (including phenoxy) is 1. The van der Waals surface area contributed by atoms with Crippen LogP contribution >= 0.6 is 15.9 Å². The van der Waals surface area contributed by atoms with Crippen LogP contribution in [0.25, 0.3) is 0 Å². The van der Waals surface area contributed by atoms with Gasteiger partial charge in [0.15, 0.2) is 0 Å². The number of carboxylic acids is 1. The number of aliphatic carboxylic acids is 1. The normalized spacial score (nSPS) is 17.8. The molecule has 0 bridgehead atoms. The van der Waals surface area contributed by atoms with Crippen molar-refractivity contribution in [3.8, 4) is 5.75 Å². The summed E-state index contributed by atoms with van der Waals surface area (Å²) in [5.74, 6) is 0.0845.